The number of carbonyl (C=O) groups excluding carboxylic acids is 1. The van der Waals surface area contributed by atoms with Crippen molar-refractivity contribution in [1.29, 1.82) is 0 Å². The first-order valence-corrected chi connectivity index (χ1v) is 6.94. The minimum absolute atomic E-state index is 0.0979. The largest absolute Gasteiger partial charge is 0.379 e. The van der Waals surface area contributed by atoms with E-state index in [1.54, 1.807) is 0 Å². The van der Waals surface area contributed by atoms with Crippen LogP contribution < -0.4 is 5.73 Å². The molecule has 5 nitrogen and oxygen atoms in total. The Labute approximate surface area is 109 Å². The molecule has 0 spiro atoms. The second kappa shape index (κ2) is 5.55. The van der Waals surface area contributed by atoms with Gasteiger partial charge >= 0.3 is 0 Å². The predicted octanol–water partition coefficient (Wildman–Crippen LogP) is 0.0469. The van der Waals surface area contributed by atoms with Crippen LogP contribution in [-0.2, 0) is 9.53 Å². The summed E-state index contributed by atoms with van der Waals surface area (Å²) in [5, 5.41) is 0. The third-order valence-corrected chi connectivity index (χ3v) is 4.24. The van der Waals surface area contributed by atoms with E-state index in [4.69, 9.17) is 10.5 Å². The molecule has 2 saturated heterocycles. The molecule has 0 aromatic heterocycles. The van der Waals surface area contributed by atoms with Crippen molar-refractivity contribution in [3.05, 3.63) is 0 Å². The summed E-state index contributed by atoms with van der Waals surface area (Å²) in [5.41, 5.74) is 5.33. The highest BCUT2D eigenvalue weighted by molar-refractivity contribution is 5.85. The topological polar surface area (TPSA) is 58.8 Å². The molecule has 0 aliphatic carbocycles. The first kappa shape index (κ1) is 13.8. The third kappa shape index (κ3) is 2.84. The number of hydrogen-bond donors (Lipinski definition) is 1. The Hall–Kier alpha value is -0.650. The first-order valence-electron chi connectivity index (χ1n) is 6.94. The fourth-order valence-electron chi connectivity index (χ4n) is 2.68. The van der Waals surface area contributed by atoms with E-state index in [9.17, 15) is 4.79 Å². The molecule has 5 heteroatoms. The molecule has 2 aliphatic heterocycles. The fourth-order valence-corrected chi connectivity index (χ4v) is 2.68. The van der Waals surface area contributed by atoms with Crippen LogP contribution in [-0.4, -0.2) is 66.7 Å². The average molecular weight is 255 g/mol. The Morgan fingerprint density at radius 2 is 2.06 bits per heavy atom. The molecular weight excluding hydrogens is 230 g/mol. The quantitative estimate of drug-likeness (QED) is 0.774. The summed E-state index contributed by atoms with van der Waals surface area (Å²) in [6, 6.07) is 0.491. The maximum atomic E-state index is 12.3. The van der Waals surface area contributed by atoms with Crippen molar-refractivity contribution in [2.45, 2.75) is 38.3 Å². The van der Waals surface area contributed by atoms with Crippen molar-refractivity contribution in [1.82, 2.24) is 9.80 Å². The van der Waals surface area contributed by atoms with Crippen LogP contribution in [0.15, 0.2) is 0 Å². The lowest BCUT2D eigenvalue weighted by Gasteiger charge is -2.33. The Kier molecular flexibility index (Phi) is 4.25. The van der Waals surface area contributed by atoms with Crippen LogP contribution in [0.2, 0.25) is 0 Å². The van der Waals surface area contributed by atoms with Crippen LogP contribution in [0.25, 0.3) is 0 Å². The fraction of sp³-hybridized carbons (Fsp3) is 0.923. The Bertz CT molecular complexity index is 301. The van der Waals surface area contributed by atoms with Gasteiger partial charge in [-0.25, -0.2) is 0 Å². The highest BCUT2D eigenvalue weighted by atomic mass is 16.5. The molecule has 0 bridgehead atoms. The molecule has 104 valence electrons. The molecule has 0 radical (unpaired) electrons. The molecule has 2 atom stereocenters. The van der Waals surface area contributed by atoms with Crippen molar-refractivity contribution < 1.29 is 9.53 Å². The van der Waals surface area contributed by atoms with Crippen LogP contribution >= 0.6 is 0 Å². The number of ether oxygens (including phenoxy) is 1. The molecular formula is C13H25N3O2. The van der Waals surface area contributed by atoms with Gasteiger partial charge in [0.05, 0.1) is 18.8 Å². The maximum Gasteiger partial charge on any atom is 0.242 e. The van der Waals surface area contributed by atoms with Crippen molar-refractivity contribution in [2.75, 3.05) is 39.4 Å². The number of hydrogen-bond acceptors (Lipinski definition) is 4. The number of rotatable bonds is 3. The maximum absolute atomic E-state index is 12.3. The highest BCUT2D eigenvalue weighted by Crippen LogP contribution is 2.20. The molecule has 2 aliphatic rings. The van der Waals surface area contributed by atoms with E-state index < -0.39 is 5.54 Å². The number of likely N-dealkylation sites (tertiary alicyclic amines) is 1. The predicted molar refractivity (Wildman–Crippen MR) is 70.3 cm³/mol. The minimum Gasteiger partial charge on any atom is -0.379 e. The van der Waals surface area contributed by atoms with Gasteiger partial charge in [0.2, 0.25) is 5.91 Å². The third-order valence-electron chi connectivity index (χ3n) is 4.24. The zero-order valence-electron chi connectivity index (χ0n) is 11.5. The van der Waals surface area contributed by atoms with E-state index >= 15 is 0 Å². The molecule has 0 saturated carbocycles. The van der Waals surface area contributed by atoms with E-state index in [1.807, 2.05) is 18.7 Å². The highest BCUT2D eigenvalue weighted by Gasteiger charge is 2.37. The lowest BCUT2D eigenvalue weighted by Crippen LogP contribution is -2.53. The number of carbonyl (C=O) groups is 1. The monoisotopic (exact) mass is 255 g/mol. The summed E-state index contributed by atoms with van der Waals surface area (Å²) in [4.78, 5) is 16.7. The second-order valence-corrected chi connectivity index (χ2v) is 5.61. The summed E-state index contributed by atoms with van der Waals surface area (Å²) >= 11 is 0. The summed E-state index contributed by atoms with van der Waals surface area (Å²) in [7, 11) is 0. The molecule has 2 unspecified atom stereocenters. The Morgan fingerprint density at radius 3 is 2.67 bits per heavy atom. The van der Waals surface area contributed by atoms with Gasteiger partial charge in [-0.05, 0) is 19.8 Å². The lowest BCUT2D eigenvalue weighted by molar-refractivity contribution is -0.135. The van der Waals surface area contributed by atoms with E-state index in [1.165, 1.54) is 0 Å². The van der Waals surface area contributed by atoms with E-state index in [0.29, 0.717) is 12.5 Å². The van der Waals surface area contributed by atoms with Gasteiger partial charge in [0.25, 0.3) is 0 Å². The van der Waals surface area contributed by atoms with Gasteiger partial charge < -0.3 is 15.4 Å². The zero-order valence-corrected chi connectivity index (χ0v) is 11.5. The van der Waals surface area contributed by atoms with Gasteiger partial charge in [-0.1, -0.05) is 6.92 Å². The SMILES string of the molecule is CCC(C)(N)C(=O)N1CCC(N2CCOCC2)C1. The van der Waals surface area contributed by atoms with Gasteiger partial charge in [-0.15, -0.1) is 0 Å². The molecule has 2 fully saturated rings. The van der Waals surface area contributed by atoms with Crippen molar-refractivity contribution in [3.63, 3.8) is 0 Å². The second-order valence-electron chi connectivity index (χ2n) is 5.61. The van der Waals surface area contributed by atoms with Crippen molar-refractivity contribution in [2.24, 2.45) is 5.73 Å². The summed E-state index contributed by atoms with van der Waals surface area (Å²) in [6.45, 7) is 9.06. The molecule has 2 rings (SSSR count). The first-order chi connectivity index (χ1) is 8.54. The Balaban J connectivity index is 1.89. The van der Waals surface area contributed by atoms with Crippen LogP contribution in [0.5, 0.6) is 0 Å². The molecule has 2 heterocycles. The standard InChI is InChI=1S/C13H25N3O2/c1-3-13(2,14)12(17)16-5-4-11(10-16)15-6-8-18-9-7-15/h11H,3-10,14H2,1-2H3. The Morgan fingerprint density at radius 1 is 1.39 bits per heavy atom. The lowest BCUT2D eigenvalue weighted by atomic mass is 9.99. The van der Waals surface area contributed by atoms with E-state index in [2.05, 4.69) is 4.90 Å². The number of nitrogens with zero attached hydrogens (tertiary/aromatic N) is 2. The van der Waals surface area contributed by atoms with Gasteiger partial charge in [-0.3, -0.25) is 9.69 Å². The number of nitrogens with two attached hydrogens (primary N) is 1. The van der Waals surface area contributed by atoms with E-state index in [-0.39, 0.29) is 5.91 Å². The van der Waals surface area contributed by atoms with Gasteiger partial charge in [0.1, 0.15) is 0 Å². The van der Waals surface area contributed by atoms with E-state index in [0.717, 1.165) is 45.8 Å². The van der Waals surface area contributed by atoms with Crippen LogP contribution in [0.1, 0.15) is 26.7 Å². The van der Waals surface area contributed by atoms with Crippen molar-refractivity contribution >= 4 is 5.91 Å². The number of morpholine rings is 1. The van der Waals surface area contributed by atoms with Gasteiger partial charge in [0.15, 0.2) is 0 Å². The summed E-state index contributed by atoms with van der Waals surface area (Å²) in [5.74, 6) is 0.0979. The number of amides is 1. The molecule has 0 aromatic carbocycles. The van der Waals surface area contributed by atoms with Gasteiger partial charge in [-0.2, -0.15) is 0 Å². The summed E-state index contributed by atoms with van der Waals surface area (Å²) < 4.78 is 5.36. The van der Waals surface area contributed by atoms with Crippen LogP contribution in [0.3, 0.4) is 0 Å². The molecule has 2 N–H and O–H groups in total. The smallest absolute Gasteiger partial charge is 0.242 e. The minimum atomic E-state index is -0.708. The molecule has 1 amide bonds. The average Bonchev–Trinajstić information content (AvgIpc) is 2.88. The molecule has 18 heavy (non-hydrogen) atoms. The van der Waals surface area contributed by atoms with Crippen LogP contribution in [0, 0.1) is 0 Å². The van der Waals surface area contributed by atoms with Crippen molar-refractivity contribution in [3.8, 4) is 0 Å². The molecule has 0 aromatic rings. The zero-order chi connectivity index (χ0) is 13.2. The normalized spacial score (nSPS) is 29.3. The van der Waals surface area contributed by atoms with Gasteiger partial charge in [0, 0.05) is 32.2 Å². The van der Waals surface area contributed by atoms with Crippen LogP contribution in [0.4, 0.5) is 0 Å². The summed E-state index contributed by atoms with van der Waals surface area (Å²) in [6.07, 6.45) is 1.75.